The van der Waals surface area contributed by atoms with Crippen LogP contribution >= 0.6 is 0 Å². The summed E-state index contributed by atoms with van der Waals surface area (Å²) in [5.74, 6) is -0.143. The van der Waals surface area contributed by atoms with Crippen molar-refractivity contribution in [3.8, 4) is 0 Å². The summed E-state index contributed by atoms with van der Waals surface area (Å²) < 4.78 is 0. The first-order valence-corrected chi connectivity index (χ1v) is 4.34. The van der Waals surface area contributed by atoms with E-state index in [0.717, 1.165) is 11.8 Å². The third-order valence-electron chi connectivity index (χ3n) is 2.08. The van der Waals surface area contributed by atoms with Gasteiger partial charge in [0.25, 0.3) is 5.91 Å². The van der Waals surface area contributed by atoms with E-state index in [4.69, 9.17) is 0 Å². The molecule has 0 radical (unpaired) electrons. The van der Waals surface area contributed by atoms with Crippen LogP contribution in [0.4, 0.5) is 0 Å². The molecular formula is C11H13NO2. The average Bonchev–Trinajstić information content (AvgIpc) is 2.16. The highest BCUT2D eigenvalue weighted by atomic mass is 16.2. The van der Waals surface area contributed by atoms with Crippen LogP contribution in [0.25, 0.3) is 0 Å². The molecule has 1 amide bonds. The number of aryl methyl sites for hydroxylation is 1. The van der Waals surface area contributed by atoms with Crippen molar-refractivity contribution in [3.63, 3.8) is 0 Å². The Bertz CT molecular complexity index is 370. The van der Waals surface area contributed by atoms with Gasteiger partial charge in [0.15, 0.2) is 6.29 Å². The predicted molar refractivity (Wildman–Crippen MR) is 54.6 cm³/mol. The molecule has 3 heteroatoms. The van der Waals surface area contributed by atoms with Gasteiger partial charge in [-0.1, -0.05) is 12.1 Å². The Balaban J connectivity index is 3.27. The monoisotopic (exact) mass is 191 g/mol. The van der Waals surface area contributed by atoms with Crippen LogP contribution in [0.2, 0.25) is 0 Å². The lowest BCUT2D eigenvalue weighted by molar-refractivity contribution is 0.0824. The van der Waals surface area contributed by atoms with Crippen molar-refractivity contribution in [2.24, 2.45) is 0 Å². The van der Waals surface area contributed by atoms with Gasteiger partial charge in [-0.15, -0.1) is 0 Å². The highest BCUT2D eigenvalue weighted by Crippen LogP contribution is 2.13. The van der Waals surface area contributed by atoms with Crippen LogP contribution in [0.3, 0.4) is 0 Å². The quantitative estimate of drug-likeness (QED) is 0.664. The van der Waals surface area contributed by atoms with Crippen LogP contribution in [-0.4, -0.2) is 31.2 Å². The van der Waals surface area contributed by atoms with Crippen LogP contribution in [-0.2, 0) is 0 Å². The molecule has 0 aliphatic carbocycles. The van der Waals surface area contributed by atoms with E-state index in [1.54, 1.807) is 26.2 Å². The zero-order valence-electron chi connectivity index (χ0n) is 8.57. The molecule has 1 rings (SSSR count). The number of amides is 1. The highest BCUT2D eigenvalue weighted by Gasteiger charge is 2.13. The van der Waals surface area contributed by atoms with E-state index in [-0.39, 0.29) is 5.91 Å². The van der Waals surface area contributed by atoms with Gasteiger partial charge in [-0.2, -0.15) is 0 Å². The molecule has 74 valence electrons. The van der Waals surface area contributed by atoms with E-state index in [0.29, 0.717) is 11.1 Å². The molecule has 1 aromatic rings. The van der Waals surface area contributed by atoms with Crippen molar-refractivity contribution in [3.05, 3.63) is 34.9 Å². The van der Waals surface area contributed by atoms with Gasteiger partial charge in [0, 0.05) is 19.7 Å². The minimum atomic E-state index is -0.143. The molecule has 0 N–H and O–H groups in total. The van der Waals surface area contributed by atoms with E-state index in [1.165, 1.54) is 4.90 Å². The van der Waals surface area contributed by atoms with Crippen LogP contribution in [0, 0.1) is 6.92 Å². The molecular weight excluding hydrogens is 178 g/mol. The summed E-state index contributed by atoms with van der Waals surface area (Å²) >= 11 is 0. The SMILES string of the molecule is Cc1cccc(C(=O)N(C)C)c1C=O. The van der Waals surface area contributed by atoms with Crippen molar-refractivity contribution >= 4 is 12.2 Å². The fourth-order valence-corrected chi connectivity index (χ4v) is 1.26. The van der Waals surface area contributed by atoms with Crippen molar-refractivity contribution in [1.82, 2.24) is 4.90 Å². The zero-order valence-corrected chi connectivity index (χ0v) is 8.57. The molecule has 0 spiro atoms. The molecule has 3 nitrogen and oxygen atoms in total. The molecule has 0 unspecified atom stereocenters. The fourth-order valence-electron chi connectivity index (χ4n) is 1.26. The molecule has 0 heterocycles. The topological polar surface area (TPSA) is 37.4 Å². The summed E-state index contributed by atoms with van der Waals surface area (Å²) in [6.07, 6.45) is 0.728. The van der Waals surface area contributed by atoms with E-state index < -0.39 is 0 Å². The number of carbonyl (C=O) groups excluding carboxylic acids is 2. The van der Waals surface area contributed by atoms with Gasteiger partial charge in [0.05, 0.1) is 5.56 Å². The van der Waals surface area contributed by atoms with Gasteiger partial charge in [-0.05, 0) is 18.6 Å². The number of carbonyl (C=O) groups is 2. The average molecular weight is 191 g/mol. The lowest BCUT2D eigenvalue weighted by Crippen LogP contribution is -2.23. The highest BCUT2D eigenvalue weighted by molar-refractivity contribution is 6.01. The Kier molecular flexibility index (Phi) is 3.02. The van der Waals surface area contributed by atoms with E-state index in [1.807, 2.05) is 13.0 Å². The first-order valence-electron chi connectivity index (χ1n) is 4.34. The molecule has 0 saturated carbocycles. The lowest BCUT2D eigenvalue weighted by Gasteiger charge is -2.12. The molecule has 14 heavy (non-hydrogen) atoms. The third kappa shape index (κ3) is 1.82. The molecule has 0 aliphatic heterocycles. The van der Waals surface area contributed by atoms with Gasteiger partial charge in [-0.25, -0.2) is 0 Å². The first kappa shape index (κ1) is 10.4. The lowest BCUT2D eigenvalue weighted by atomic mass is 10.0. The van der Waals surface area contributed by atoms with Crippen molar-refractivity contribution in [2.75, 3.05) is 14.1 Å². The summed E-state index contributed by atoms with van der Waals surface area (Å²) in [5, 5.41) is 0. The van der Waals surface area contributed by atoms with Crippen molar-refractivity contribution < 1.29 is 9.59 Å². The number of aldehydes is 1. The molecule has 0 fully saturated rings. The van der Waals surface area contributed by atoms with E-state index in [2.05, 4.69) is 0 Å². The van der Waals surface area contributed by atoms with Gasteiger partial charge < -0.3 is 4.90 Å². The minimum Gasteiger partial charge on any atom is -0.345 e. The van der Waals surface area contributed by atoms with Crippen LogP contribution in [0.15, 0.2) is 18.2 Å². The fraction of sp³-hybridized carbons (Fsp3) is 0.273. The minimum absolute atomic E-state index is 0.143. The first-order chi connectivity index (χ1) is 6.57. The zero-order chi connectivity index (χ0) is 10.7. The molecule has 0 saturated heterocycles. The van der Waals surface area contributed by atoms with Gasteiger partial charge in [0.1, 0.15) is 0 Å². The number of rotatable bonds is 2. The summed E-state index contributed by atoms with van der Waals surface area (Å²) in [7, 11) is 3.33. The molecule has 0 bridgehead atoms. The number of benzene rings is 1. The maximum absolute atomic E-state index is 11.6. The van der Waals surface area contributed by atoms with Crippen LogP contribution in [0.5, 0.6) is 0 Å². The maximum Gasteiger partial charge on any atom is 0.254 e. The largest absolute Gasteiger partial charge is 0.345 e. The summed E-state index contributed by atoms with van der Waals surface area (Å²) in [5.41, 5.74) is 1.77. The molecule has 1 aromatic carbocycles. The van der Waals surface area contributed by atoms with Crippen molar-refractivity contribution in [2.45, 2.75) is 6.92 Å². The van der Waals surface area contributed by atoms with E-state index in [9.17, 15) is 9.59 Å². The smallest absolute Gasteiger partial charge is 0.254 e. The van der Waals surface area contributed by atoms with Crippen LogP contribution in [0.1, 0.15) is 26.3 Å². The molecule has 0 aliphatic rings. The summed E-state index contributed by atoms with van der Waals surface area (Å²) in [4.78, 5) is 23.9. The Morgan fingerprint density at radius 3 is 2.50 bits per heavy atom. The Labute approximate surface area is 83.3 Å². The Morgan fingerprint density at radius 2 is 2.00 bits per heavy atom. The second-order valence-corrected chi connectivity index (χ2v) is 3.35. The van der Waals surface area contributed by atoms with Gasteiger partial charge in [-0.3, -0.25) is 9.59 Å². The standard InChI is InChI=1S/C11H13NO2/c1-8-5-4-6-9(10(8)7-13)11(14)12(2)3/h4-7H,1-3H3. The molecule has 0 aromatic heterocycles. The number of hydrogen-bond donors (Lipinski definition) is 0. The number of nitrogens with zero attached hydrogens (tertiary/aromatic N) is 1. The number of hydrogen-bond acceptors (Lipinski definition) is 2. The van der Waals surface area contributed by atoms with Crippen LogP contribution < -0.4 is 0 Å². The Morgan fingerprint density at radius 1 is 1.36 bits per heavy atom. The predicted octanol–water partition coefficient (Wildman–Crippen LogP) is 1.51. The second kappa shape index (κ2) is 4.05. The summed E-state index contributed by atoms with van der Waals surface area (Å²) in [6.45, 7) is 1.82. The summed E-state index contributed by atoms with van der Waals surface area (Å²) in [6, 6.07) is 5.26. The maximum atomic E-state index is 11.6. The third-order valence-corrected chi connectivity index (χ3v) is 2.08. The van der Waals surface area contributed by atoms with Gasteiger partial charge >= 0.3 is 0 Å². The Hall–Kier alpha value is -1.64. The normalized spacial score (nSPS) is 9.64. The van der Waals surface area contributed by atoms with Crippen molar-refractivity contribution in [1.29, 1.82) is 0 Å². The molecule has 0 atom stereocenters. The van der Waals surface area contributed by atoms with Gasteiger partial charge in [0.2, 0.25) is 0 Å². The van der Waals surface area contributed by atoms with E-state index >= 15 is 0 Å². The second-order valence-electron chi connectivity index (χ2n) is 3.35.